The fourth-order valence-corrected chi connectivity index (χ4v) is 3.00. The predicted octanol–water partition coefficient (Wildman–Crippen LogP) is 1.07. The molecule has 1 saturated carbocycles. The molecule has 0 unspecified atom stereocenters. The lowest BCUT2D eigenvalue weighted by atomic mass is 9.71. The Labute approximate surface area is 106 Å². The minimum Gasteiger partial charge on any atom is -0.466 e. The van der Waals surface area contributed by atoms with Gasteiger partial charge in [0.05, 0.1) is 25.2 Å². The number of rotatable bonds is 3. The molecule has 5 nitrogen and oxygen atoms in total. The van der Waals surface area contributed by atoms with E-state index in [-0.39, 0.29) is 24.0 Å². The van der Waals surface area contributed by atoms with Crippen molar-refractivity contribution in [3.63, 3.8) is 0 Å². The Morgan fingerprint density at radius 2 is 2.11 bits per heavy atom. The van der Waals surface area contributed by atoms with Crippen LogP contribution in [-0.2, 0) is 23.8 Å². The molecule has 18 heavy (non-hydrogen) atoms. The van der Waals surface area contributed by atoms with Crippen molar-refractivity contribution in [1.82, 2.24) is 0 Å². The van der Waals surface area contributed by atoms with E-state index < -0.39 is 17.5 Å². The van der Waals surface area contributed by atoms with E-state index in [1.54, 1.807) is 6.08 Å². The van der Waals surface area contributed by atoms with Crippen molar-refractivity contribution in [2.75, 3.05) is 7.11 Å². The second-order valence-electron chi connectivity index (χ2n) is 4.98. The Morgan fingerprint density at radius 3 is 2.61 bits per heavy atom. The first-order chi connectivity index (χ1) is 8.46. The summed E-state index contributed by atoms with van der Waals surface area (Å²) in [7, 11) is 1.29. The number of epoxide rings is 1. The lowest BCUT2D eigenvalue weighted by molar-refractivity contribution is -0.189. The molecule has 2 rings (SSSR count). The Morgan fingerprint density at radius 1 is 1.44 bits per heavy atom. The first kappa shape index (κ1) is 13.1. The molecular weight excluding hydrogens is 236 g/mol. The molecular formula is C13H18O5. The average molecular weight is 254 g/mol. The van der Waals surface area contributed by atoms with E-state index >= 15 is 0 Å². The van der Waals surface area contributed by atoms with Crippen LogP contribution in [0.25, 0.3) is 0 Å². The van der Waals surface area contributed by atoms with E-state index in [0.29, 0.717) is 6.42 Å². The molecule has 0 aromatic carbocycles. The monoisotopic (exact) mass is 254 g/mol. The molecule has 5 heteroatoms. The number of esters is 2. The van der Waals surface area contributed by atoms with Gasteiger partial charge in [0.25, 0.3) is 0 Å². The van der Waals surface area contributed by atoms with Gasteiger partial charge in [0, 0.05) is 13.3 Å². The van der Waals surface area contributed by atoms with Crippen LogP contribution in [0.15, 0.2) is 12.7 Å². The van der Waals surface area contributed by atoms with E-state index in [4.69, 9.17) is 14.2 Å². The van der Waals surface area contributed by atoms with Crippen molar-refractivity contribution < 1.29 is 23.8 Å². The summed E-state index contributed by atoms with van der Waals surface area (Å²) in [5.41, 5.74) is -1.29. The molecule has 0 aromatic rings. The maximum absolute atomic E-state index is 12.1. The summed E-state index contributed by atoms with van der Waals surface area (Å²) >= 11 is 0. The fraction of sp³-hybridized carbons (Fsp3) is 0.692. The van der Waals surface area contributed by atoms with Gasteiger partial charge in [-0.1, -0.05) is 13.0 Å². The molecule has 1 aliphatic carbocycles. The van der Waals surface area contributed by atoms with Gasteiger partial charge < -0.3 is 14.2 Å². The van der Waals surface area contributed by atoms with Crippen molar-refractivity contribution in [3.05, 3.63) is 12.7 Å². The number of carbonyl (C=O) groups excluding carboxylic acids is 2. The quantitative estimate of drug-likeness (QED) is 0.428. The van der Waals surface area contributed by atoms with Gasteiger partial charge in [-0.05, 0) is 5.92 Å². The second-order valence-corrected chi connectivity index (χ2v) is 4.98. The smallest absolute Gasteiger partial charge is 0.351 e. The highest BCUT2D eigenvalue weighted by Crippen LogP contribution is 2.51. The average Bonchev–Trinajstić information content (AvgIpc) is 3.07. The Bertz CT molecular complexity index is 391. The molecule has 1 saturated heterocycles. The van der Waals surface area contributed by atoms with Gasteiger partial charge in [-0.2, -0.15) is 0 Å². The molecule has 1 aliphatic heterocycles. The highest BCUT2D eigenvalue weighted by atomic mass is 16.6. The standard InChI is InChI=1S/C13H18O5/c1-5-9-11-10(17-11)7(2)6-13(9,12(15)16-4)18-8(3)14/h5,7,9-11H,1,6H2,2-4H3/t7-,9-,10+,11-,13-/m1/s1. The van der Waals surface area contributed by atoms with Crippen molar-refractivity contribution in [3.8, 4) is 0 Å². The summed E-state index contributed by atoms with van der Waals surface area (Å²) in [6, 6.07) is 0. The van der Waals surface area contributed by atoms with Crippen LogP contribution in [0.3, 0.4) is 0 Å². The third kappa shape index (κ3) is 1.82. The number of hydrogen-bond donors (Lipinski definition) is 0. The third-order valence-corrected chi connectivity index (χ3v) is 3.75. The van der Waals surface area contributed by atoms with Gasteiger partial charge in [0.1, 0.15) is 0 Å². The Kier molecular flexibility index (Phi) is 3.19. The minimum absolute atomic E-state index is 0.107. The van der Waals surface area contributed by atoms with Crippen LogP contribution in [0, 0.1) is 11.8 Å². The van der Waals surface area contributed by atoms with Crippen molar-refractivity contribution in [1.29, 1.82) is 0 Å². The van der Waals surface area contributed by atoms with Gasteiger partial charge >= 0.3 is 11.9 Å². The molecule has 0 amide bonds. The van der Waals surface area contributed by atoms with Crippen LogP contribution in [0.5, 0.6) is 0 Å². The van der Waals surface area contributed by atoms with Gasteiger partial charge in [0.2, 0.25) is 5.60 Å². The van der Waals surface area contributed by atoms with Crippen LogP contribution in [0.1, 0.15) is 20.3 Å². The van der Waals surface area contributed by atoms with Crippen LogP contribution < -0.4 is 0 Å². The van der Waals surface area contributed by atoms with Crippen LogP contribution in [-0.4, -0.2) is 36.9 Å². The first-order valence-corrected chi connectivity index (χ1v) is 6.02. The van der Waals surface area contributed by atoms with Crippen LogP contribution in [0.4, 0.5) is 0 Å². The summed E-state index contributed by atoms with van der Waals surface area (Å²) in [5.74, 6) is -1.25. The van der Waals surface area contributed by atoms with Crippen molar-refractivity contribution in [2.24, 2.45) is 11.8 Å². The van der Waals surface area contributed by atoms with E-state index in [1.165, 1.54) is 14.0 Å². The summed E-state index contributed by atoms with van der Waals surface area (Å²) in [6.07, 6.45) is 2.04. The largest absolute Gasteiger partial charge is 0.466 e. The fourth-order valence-electron chi connectivity index (χ4n) is 3.00. The van der Waals surface area contributed by atoms with E-state index in [1.807, 2.05) is 6.92 Å². The highest BCUT2D eigenvalue weighted by Gasteiger charge is 2.65. The lowest BCUT2D eigenvalue weighted by Crippen LogP contribution is -2.55. The maximum atomic E-state index is 12.1. The molecule has 5 atom stereocenters. The normalized spacial score (nSPS) is 41.5. The summed E-state index contributed by atoms with van der Waals surface area (Å²) in [4.78, 5) is 23.4. The van der Waals surface area contributed by atoms with Crippen LogP contribution >= 0.6 is 0 Å². The first-order valence-electron chi connectivity index (χ1n) is 6.02. The van der Waals surface area contributed by atoms with Crippen molar-refractivity contribution in [2.45, 2.75) is 38.1 Å². The molecule has 2 aliphatic rings. The molecule has 0 radical (unpaired) electrons. The van der Waals surface area contributed by atoms with E-state index in [9.17, 15) is 9.59 Å². The summed E-state index contributed by atoms with van der Waals surface area (Å²) in [5, 5.41) is 0. The number of ether oxygens (including phenoxy) is 3. The minimum atomic E-state index is -1.29. The van der Waals surface area contributed by atoms with Crippen molar-refractivity contribution >= 4 is 11.9 Å². The summed E-state index contributed by atoms with van der Waals surface area (Å²) < 4.78 is 15.7. The number of hydrogen-bond acceptors (Lipinski definition) is 5. The topological polar surface area (TPSA) is 65.1 Å². The predicted molar refractivity (Wildman–Crippen MR) is 62.6 cm³/mol. The second kappa shape index (κ2) is 4.39. The Balaban J connectivity index is 2.38. The molecule has 0 aromatic heterocycles. The van der Waals surface area contributed by atoms with E-state index in [2.05, 4.69) is 6.58 Å². The maximum Gasteiger partial charge on any atom is 0.351 e. The number of carbonyl (C=O) groups is 2. The van der Waals surface area contributed by atoms with Gasteiger partial charge in [-0.3, -0.25) is 4.79 Å². The number of fused-ring (bicyclic) bond motifs is 1. The molecule has 0 bridgehead atoms. The third-order valence-electron chi connectivity index (χ3n) is 3.75. The summed E-state index contributed by atoms with van der Waals surface area (Å²) in [6.45, 7) is 6.99. The lowest BCUT2D eigenvalue weighted by Gasteiger charge is -2.39. The SMILES string of the molecule is C=C[C@@H]1[C@H]2O[C@H]2[C@H](C)C[C@]1(OC(C)=O)C(=O)OC. The van der Waals surface area contributed by atoms with Gasteiger partial charge in [-0.25, -0.2) is 4.79 Å². The molecule has 100 valence electrons. The zero-order valence-electron chi connectivity index (χ0n) is 10.8. The Hall–Kier alpha value is -1.36. The van der Waals surface area contributed by atoms with Crippen LogP contribution in [0.2, 0.25) is 0 Å². The highest BCUT2D eigenvalue weighted by molar-refractivity contribution is 5.84. The molecule has 1 heterocycles. The zero-order chi connectivity index (χ0) is 13.5. The van der Waals surface area contributed by atoms with E-state index in [0.717, 1.165) is 0 Å². The zero-order valence-corrected chi connectivity index (χ0v) is 10.8. The molecule has 2 fully saturated rings. The van der Waals surface area contributed by atoms with Gasteiger partial charge in [-0.15, -0.1) is 6.58 Å². The number of methoxy groups -OCH3 is 1. The van der Waals surface area contributed by atoms with Gasteiger partial charge in [0.15, 0.2) is 0 Å². The molecule has 0 N–H and O–H groups in total. The molecule has 0 spiro atoms.